The molecule has 0 bridgehead atoms. The van der Waals surface area contributed by atoms with Gasteiger partial charge in [0.05, 0.1) is 5.69 Å². The van der Waals surface area contributed by atoms with Gasteiger partial charge in [-0.25, -0.2) is 0 Å². The molecule has 5 nitrogen and oxygen atoms in total. The molecule has 1 aliphatic heterocycles. The lowest BCUT2D eigenvalue weighted by Crippen LogP contribution is -2.49. The smallest absolute Gasteiger partial charge is 0.151 e. The quantitative estimate of drug-likeness (QED) is 0.881. The van der Waals surface area contributed by atoms with Crippen LogP contribution in [0.5, 0.6) is 0 Å². The van der Waals surface area contributed by atoms with E-state index in [1.165, 1.54) is 0 Å². The predicted octanol–water partition coefficient (Wildman–Crippen LogP) is 2.26. The number of nitrogens with zero attached hydrogens (tertiary/aromatic N) is 4. The predicted molar refractivity (Wildman–Crippen MR) is 90.8 cm³/mol. The van der Waals surface area contributed by atoms with E-state index >= 15 is 0 Å². The van der Waals surface area contributed by atoms with E-state index in [2.05, 4.69) is 39.9 Å². The summed E-state index contributed by atoms with van der Waals surface area (Å²) in [7, 11) is 0. The number of aromatic nitrogens is 2. The van der Waals surface area contributed by atoms with Crippen molar-refractivity contribution < 1.29 is 0 Å². The standard InChI is InChI=1S/C17H23N5/c1-13(2)21-9-11-22(12-10-21)17-8-7-16(19-20-17)14-3-5-15(18)6-4-14/h3-8,13H,9-12,18H2,1-2H3. The Kier molecular flexibility index (Phi) is 4.24. The molecule has 0 radical (unpaired) electrons. The van der Waals surface area contributed by atoms with Crippen LogP contribution in [0.3, 0.4) is 0 Å². The SMILES string of the molecule is CC(C)N1CCN(c2ccc(-c3ccc(N)cc3)nn2)CC1. The molecular formula is C17H23N5. The summed E-state index contributed by atoms with van der Waals surface area (Å²) in [6, 6.07) is 12.4. The van der Waals surface area contributed by atoms with Gasteiger partial charge in [0.15, 0.2) is 5.82 Å². The molecule has 0 atom stereocenters. The van der Waals surface area contributed by atoms with Gasteiger partial charge in [0.1, 0.15) is 0 Å². The van der Waals surface area contributed by atoms with E-state index in [1.807, 2.05) is 30.3 Å². The molecule has 0 aliphatic carbocycles. The fourth-order valence-corrected chi connectivity index (χ4v) is 2.77. The summed E-state index contributed by atoms with van der Waals surface area (Å²) >= 11 is 0. The molecule has 3 rings (SSSR count). The molecule has 2 N–H and O–H groups in total. The molecular weight excluding hydrogens is 274 g/mol. The van der Waals surface area contributed by atoms with Gasteiger partial charge in [0, 0.05) is 43.5 Å². The van der Waals surface area contributed by atoms with Gasteiger partial charge in [0.2, 0.25) is 0 Å². The number of anilines is 2. The molecule has 1 aliphatic rings. The first-order valence-electron chi connectivity index (χ1n) is 7.82. The van der Waals surface area contributed by atoms with Crippen LogP contribution in [0.1, 0.15) is 13.8 Å². The zero-order valence-electron chi connectivity index (χ0n) is 13.2. The van der Waals surface area contributed by atoms with Gasteiger partial charge in [-0.3, -0.25) is 4.90 Å². The summed E-state index contributed by atoms with van der Waals surface area (Å²) in [5, 5.41) is 8.76. The van der Waals surface area contributed by atoms with Gasteiger partial charge < -0.3 is 10.6 Å². The summed E-state index contributed by atoms with van der Waals surface area (Å²) in [5.74, 6) is 0.961. The van der Waals surface area contributed by atoms with E-state index in [0.717, 1.165) is 48.9 Å². The minimum Gasteiger partial charge on any atom is -0.399 e. The maximum Gasteiger partial charge on any atom is 0.151 e. The zero-order valence-corrected chi connectivity index (χ0v) is 13.2. The number of rotatable bonds is 3. The van der Waals surface area contributed by atoms with Crippen LogP contribution in [0.4, 0.5) is 11.5 Å². The number of nitrogen functional groups attached to an aromatic ring is 1. The molecule has 0 saturated carbocycles. The van der Waals surface area contributed by atoms with Crippen LogP contribution < -0.4 is 10.6 Å². The first-order valence-corrected chi connectivity index (χ1v) is 7.82. The van der Waals surface area contributed by atoms with Crippen molar-refractivity contribution >= 4 is 11.5 Å². The van der Waals surface area contributed by atoms with Crippen molar-refractivity contribution in [2.45, 2.75) is 19.9 Å². The summed E-state index contributed by atoms with van der Waals surface area (Å²) in [6.07, 6.45) is 0. The minimum atomic E-state index is 0.612. The molecule has 2 aromatic rings. The fourth-order valence-electron chi connectivity index (χ4n) is 2.77. The van der Waals surface area contributed by atoms with Crippen molar-refractivity contribution in [2.24, 2.45) is 0 Å². The molecule has 0 spiro atoms. The molecule has 116 valence electrons. The number of benzene rings is 1. The van der Waals surface area contributed by atoms with Crippen LogP contribution >= 0.6 is 0 Å². The number of hydrogen-bond donors (Lipinski definition) is 1. The lowest BCUT2D eigenvalue weighted by Gasteiger charge is -2.37. The Labute approximate surface area is 131 Å². The molecule has 2 heterocycles. The third-order valence-electron chi connectivity index (χ3n) is 4.23. The Morgan fingerprint density at radius 2 is 1.59 bits per heavy atom. The Morgan fingerprint density at radius 3 is 2.14 bits per heavy atom. The van der Waals surface area contributed by atoms with Gasteiger partial charge in [-0.1, -0.05) is 12.1 Å². The summed E-state index contributed by atoms with van der Waals surface area (Å²) in [6.45, 7) is 8.67. The number of hydrogen-bond acceptors (Lipinski definition) is 5. The second-order valence-electron chi connectivity index (χ2n) is 6.02. The molecule has 1 aromatic heterocycles. The van der Waals surface area contributed by atoms with Crippen LogP contribution in [0, 0.1) is 0 Å². The lowest BCUT2D eigenvalue weighted by atomic mass is 10.1. The van der Waals surface area contributed by atoms with Gasteiger partial charge in [-0.2, -0.15) is 0 Å². The van der Waals surface area contributed by atoms with Gasteiger partial charge >= 0.3 is 0 Å². The third-order valence-corrected chi connectivity index (χ3v) is 4.23. The fraction of sp³-hybridized carbons (Fsp3) is 0.412. The van der Waals surface area contributed by atoms with E-state index in [9.17, 15) is 0 Å². The highest BCUT2D eigenvalue weighted by Gasteiger charge is 2.19. The minimum absolute atomic E-state index is 0.612. The van der Waals surface area contributed by atoms with Crippen molar-refractivity contribution in [1.29, 1.82) is 0 Å². The zero-order chi connectivity index (χ0) is 15.5. The van der Waals surface area contributed by atoms with Crippen molar-refractivity contribution in [3.05, 3.63) is 36.4 Å². The lowest BCUT2D eigenvalue weighted by molar-refractivity contribution is 0.209. The Morgan fingerprint density at radius 1 is 0.909 bits per heavy atom. The van der Waals surface area contributed by atoms with Gasteiger partial charge in [0.25, 0.3) is 0 Å². The maximum absolute atomic E-state index is 5.71. The van der Waals surface area contributed by atoms with Crippen molar-refractivity contribution in [2.75, 3.05) is 36.8 Å². The van der Waals surface area contributed by atoms with E-state index in [4.69, 9.17) is 5.73 Å². The first-order chi connectivity index (χ1) is 10.6. The van der Waals surface area contributed by atoms with E-state index in [-0.39, 0.29) is 0 Å². The molecule has 5 heteroatoms. The van der Waals surface area contributed by atoms with Gasteiger partial charge in [-0.15, -0.1) is 10.2 Å². The van der Waals surface area contributed by atoms with Crippen molar-refractivity contribution in [1.82, 2.24) is 15.1 Å². The third kappa shape index (κ3) is 3.20. The molecule has 22 heavy (non-hydrogen) atoms. The van der Waals surface area contributed by atoms with Crippen LogP contribution in [0.25, 0.3) is 11.3 Å². The summed E-state index contributed by atoms with van der Waals surface area (Å²) in [4.78, 5) is 4.80. The normalized spacial score (nSPS) is 16.2. The van der Waals surface area contributed by atoms with Crippen molar-refractivity contribution in [3.8, 4) is 11.3 Å². The maximum atomic E-state index is 5.71. The molecule has 0 unspecified atom stereocenters. The monoisotopic (exact) mass is 297 g/mol. The van der Waals surface area contributed by atoms with E-state index < -0.39 is 0 Å². The van der Waals surface area contributed by atoms with E-state index in [1.54, 1.807) is 0 Å². The van der Waals surface area contributed by atoms with Crippen LogP contribution in [-0.2, 0) is 0 Å². The molecule has 0 amide bonds. The Hall–Kier alpha value is -2.14. The summed E-state index contributed by atoms with van der Waals surface area (Å²) < 4.78 is 0. The largest absolute Gasteiger partial charge is 0.399 e. The highest BCUT2D eigenvalue weighted by atomic mass is 15.3. The molecule has 1 aromatic carbocycles. The van der Waals surface area contributed by atoms with Crippen LogP contribution in [0.2, 0.25) is 0 Å². The summed E-state index contributed by atoms with van der Waals surface area (Å²) in [5.41, 5.74) is 8.39. The highest BCUT2D eigenvalue weighted by molar-refractivity contribution is 5.62. The highest BCUT2D eigenvalue weighted by Crippen LogP contribution is 2.20. The van der Waals surface area contributed by atoms with Crippen LogP contribution in [-0.4, -0.2) is 47.3 Å². The van der Waals surface area contributed by atoms with Gasteiger partial charge in [-0.05, 0) is 38.1 Å². The average molecular weight is 297 g/mol. The van der Waals surface area contributed by atoms with Crippen molar-refractivity contribution in [3.63, 3.8) is 0 Å². The Balaban J connectivity index is 1.68. The molecule has 1 fully saturated rings. The second kappa shape index (κ2) is 6.32. The molecule has 1 saturated heterocycles. The van der Waals surface area contributed by atoms with E-state index in [0.29, 0.717) is 6.04 Å². The topological polar surface area (TPSA) is 58.3 Å². The number of piperazine rings is 1. The average Bonchev–Trinajstić information content (AvgIpc) is 2.56. The van der Waals surface area contributed by atoms with Crippen LogP contribution in [0.15, 0.2) is 36.4 Å². The number of nitrogens with two attached hydrogens (primary N) is 1. The first kappa shape index (κ1) is 14.8. The Bertz CT molecular complexity index is 598. The second-order valence-corrected chi connectivity index (χ2v) is 6.02.